The second-order valence-corrected chi connectivity index (χ2v) is 9.61. The van der Waals surface area contributed by atoms with E-state index in [2.05, 4.69) is 4.72 Å². The van der Waals surface area contributed by atoms with E-state index >= 15 is 0 Å². The molecular weight excluding hydrogens is 413 g/mol. The SMILES string of the molecule is Cc1ccc(S(=O)(=O)NCCC(c2ccc(F)cc2)c2ccc(OC(C)C)cc2)cc1. The Hall–Kier alpha value is -2.70. The first-order valence-corrected chi connectivity index (χ1v) is 11.8. The maximum atomic E-state index is 13.4. The Bertz CT molecular complexity index is 1080. The average molecular weight is 442 g/mol. The van der Waals surface area contributed by atoms with Gasteiger partial charge in [-0.25, -0.2) is 17.5 Å². The highest BCUT2D eigenvalue weighted by Crippen LogP contribution is 2.29. The zero-order valence-corrected chi connectivity index (χ0v) is 18.8. The molecule has 0 aromatic heterocycles. The maximum Gasteiger partial charge on any atom is 0.240 e. The first-order valence-electron chi connectivity index (χ1n) is 10.3. The molecule has 31 heavy (non-hydrogen) atoms. The molecule has 0 fully saturated rings. The smallest absolute Gasteiger partial charge is 0.240 e. The van der Waals surface area contributed by atoms with E-state index in [1.807, 2.05) is 45.0 Å². The molecular formula is C25H28FNO3S. The lowest BCUT2D eigenvalue weighted by atomic mass is 9.88. The summed E-state index contributed by atoms with van der Waals surface area (Å²) in [5, 5.41) is 0. The maximum absolute atomic E-state index is 13.4. The zero-order chi connectivity index (χ0) is 22.4. The summed E-state index contributed by atoms with van der Waals surface area (Å²) in [4.78, 5) is 0.242. The van der Waals surface area contributed by atoms with Crippen molar-refractivity contribution in [1.29, 1.82) is 0 Å². The highest BCUT2D eigenvalue weighted by molar-refractivity contribution is 7.89. The second kappa shape index (κ2) is 10.1. The quantitative estimate of drug-likeness (QED) is 0.482. The molecule has 0 spiro atoms. The number of hydrogen-bond acceptors (Lipinski definition) is 3. The lowest BCUT2D eigenvalue weighted by Gasteiger charge is -2.19. The van der Waals surface area contributed by atoms with E-state index in [4.69, 9.17) is 4.74 Å². The molecule has 164 valence electrons. The van der Waals surface area contributed by atoms with Gasteiger partial charge in [-0.2, -0.15) is 0 Å². The molecule has 0 saturated carbocycles. The van der Waals surface area contributed by atoms with E-state index in [0.29, 0.717) is 6.42 Å². The molecule has 1 unspecified atom stereocenters. The first kappa shape index (κ1) is 23.0. The van der Waals surface area contributed by atoms with Crippen LogP contribution in [0.5, 0.6) is 5.75 Å². The van der Waals surface area contributed by atoms with Gasteiger partial charge in [0.25, 0.3) is 0 Å². The minimum atomic E-state index is -3.59. The Balaban J connectivity index is 1.77. The zero-order valence-electron chi connectivity index (χ0n) is 18.0. The van der Waals surface area contributed by atoms with Crippen LogP contribution < -0.4 is 9.46 Å². The van der Waals surface area contributed by atoms with Gasteiger partial charge in [-0.15, -0.1) is 0 Å². The van der Waals surface area contributed by atoms with E-state index in [-0.39, 0.29) is 29.3 Å². The van der Waals surface area contributed by atoms with Crippen LogP contribution in [0.25, 0.3) is 0 Å². The van der Waals surface area contributed by atoms with Crippen LogP contribution in [0.3, 0.4) is 0 Å². The van der Waals surface area contributed by atoms with Gasteiger partial charge in [0.2, 0.25) is 10.0 Å². The van der Waals surface area contributed by atoms with Crippen molar-refractivity contribution < 1.29 is 17.5 Å². The van der Waals surface area contributed by atoms with Crippen LogP contribution in [0.15, 0.2) is 77.7 Å². The Kier molecular flexibility index (Phi) is 7.46. The topological polar surface area (TPSA) is 55.4 Å². The third-order valence-electron chi connectivity index (χ3n) is 4.98. The van der Waals surface area contributed by atoms with Crippen LogP contribution in [0.4, 0.5) is 4.39 Å². The minimum absolute atomic E-state index is 0.0786. The highest BCUT2D eigenvalue weighted by Gasteiger charge is 2.18. The Morgan fingerprint density at radius 2 is 1.42 bits per heavy atom. The van der Waals surface area contributed by atoms with Gasteiger partial charge in [0.15, 0.2) is 0 Å². The molecule has 0 saturated heterocycles. The number of benzene rings is 3. The summed E-state index contributed by atoms with van der Waals surface area (Å²) in [6, 6.07) is 20.8. The number of halogens is 1. The van der Waals surface area contributed by atoms with Crippen LogP contribution in [0, 0.1) is 12.7 Å². The van der Waals surface area contributed by atoms with Gasteiger partial charge in [-0.1, -0.05) is 42.0 Å². The summed E-state index contributed by atoms with van der Waals surface area (Å²) in [5.41, 5.74) is 2.94. The van der Waals surface area contributed by atoms with Crippen LogP contribution in [-0.2, 0) is 10.0 Å². The van der Waals surface area contributed by atoms with E-state index in [9.17, 15) is 12.8 Å². The monoisotopic (exact) mass is 441 g/mol. The van der Waals surface area contributed by atoms with E-state index in [0.717, 1.165) is 22.4 Å². The molecule has 3 rings (SSSR count). The van der Waals surface area contributed by atoms with Gasteiger partial charge in [0, 0.05) is 12.5 Å². The second-order valence-electron chi connectivity index (χ2n) is 7.84. The summed E-state index contributed by atoms with van der Waals surface area (Å²) in [6.45, 7) is 6.10. The molecule has 0 amide bonds. The van der Waals surface area contributed by atoms with Crippen molar-refractivity contribution >= 4 is 10.0 Å². The van der Waals surface area contributed by atoms with Gasteiger partial charge in [0.05, 0.1) is 11.0 Å². The number of hydrogen-bond donors (Lipinski definition) is 1. The summed E-state index contributed by atoms with van der Waals surface area (Å²) >= 11 is 0. The van der Waals surface area contributed by atoms with Crippen molar-refractivity contribution in [2.45, 2.75) is 44.1 Å². The molecule has 4 nitrogen and oxygen atoms in total. The number of rotatable bonds is 9. The van der Waals surface area contributed by atoms with Crippen molar-refractivity contribution in [3.05, 3.63) is 95.3 Å². The van der Waals surface area contributed by atoms with Crippen LogP contribution in [0.1, 0.15) is 42.9 Å². The molecule has 0 aliphatic heterocycles. The molecule has 3 aromatic carbocycles. The fourth-order valence-corrected chi connectivity index (χ4v) is 4.46. The number of aryl methyl sites for hydroxylation is 1. The van der Waals surface area contributed by atoms with E-state index in [1.165, 1.54) is 12.1 Å². The summed E-state index contributed by atoms with van der Waals surface area (Å²) in [6.07, 6.45) is 0.608. The molecule has 3 aromatic rings. The molecule has 1 atom stereocenters. The molecule has 6 heteroatoms. The minimum Gasteiger partial charge on any atom is -0.491 e. The van der Waals surface area contributed by atoms with Crippen LogP contribution in [-0.4, -0.2) is 21.1 Å². The third kappa shape index (κ3) is 6.39. The van der Waals surface area contributed by atoms with Crippen molar-refractivity contribution in [1.82, 2.24) is 4.72 Å². The number of nitrogens with one attached hydrogen (secondary N) is 1. The normalized spacial score (nSPS) is 12.7. The molecule has 0 aliphatic carbocycles. The Morgan fingerprint density at radius 3 is 1.97 bits per heavy atom. The number of sulfonamides is 1. The molecule has 0 radical (unpaired) electrons. The van der Waals surface area contributed by atoms with Crippen LogP contribution in [0.2, 0.25) is 0 Å². The molecule has 0 heterocycles. The van der Waals surface area contributed by atoms with Gasteiger partial charge in [0.1, 0.15) is 11.6 Å². The lowest BCUT2D eigenvalue weighted by molar-refractivity contribution is 0.242. The fourth-order valence-electron chi connectivity index (χ4n) is 3.41. The largest absolute Gasteiger partial charge is 0.491 e. The summed E-state index contributed by atoms with van der Waals surface area (Å²) in [5.74, 6) is 0.384. The van der Waals surface area contributed by atoms with Gasteiger partial charge < -0.3 is 4.74 Å². The third-order valence-corrected chi connectivity index (χ3v) is 6.46. The average Bonchev–Trinajstić information content (AvgIpc) is 2.73. The van der Waals surface area contributed by atoms with Crippen molar-refractivity contribution in [3.63, 3.8) is 0 Å². The standard InChI is InChI=1S/C25H28FNO3S/c1-18(2)30-23-12-8-21(9-13-23)25(20-6-10-22(26)11-7-20)16-17-27-31(28,29)24-14-4-19(3)5-15-24/h4-15,18,25,27H,16-17H2,1-3H3. The van der Waals surface area contributed by atoms with E-state index in [1.54, 1.807) is 36.4 Å². The van der Waals surface area contributed by atoms with Gasteiger partial charge >= 0.3 is 0 Å². The lowest BCUT2D eigenvalue weighted by Crippen LogP contribution is -2.26. The van der Waals surface area contributed by atoms with Gasteiger partial charge in [-0.3, -0.25) is 0 Å². The molecule has 1 N–H and O–H groups in total. The predicted molar refractivity (Wildman–Crippen MR) is 121 cm³/mol. The fraction of sp³-hybridized carbons (Fsp3) is 0.280. The van der Waals surface area contributed by atoms with Crippen LogP contribution >= 0.6 is 0 Å². The highest BCUT2D eigenvalue weighted by atomic mass is 32.2. The summed E-state index contributed by atoms with van der Waals surface area (Å²) in [7, 11) is -3.59. The van der Waals surface area contributed by atoms with Crippen molar-refractivity contribution in [3.8, 4) is 5.75 Å². The molecule has 0 aliphatic rings. The van der Waals surface area contributed by atoms with Crippen molar-refractivity contribution in [2.75, 3.05) is 6.54 Å². The molecule has 0 bridgehead atoms. The van der Waals surface area contributed by atoms with Gasteiger partial charge in [-0.05, 0) is 74.7 Å². The Labute approximate surface area is 184 Å². The Morgan fingerprint density at radius 1 is 0.871 bits per heavy atom. The van der Waals surface area contributed by atoms with Crippen molar-refractivity contribution in [2.24, 2.45) is 0 Å². The van der Waals surface area contributed by atoms with E-state index < -0.39 is 10.0 Å². The summed E-state index contributed by atoms with van der Waals surface area (Å²) < 4.78 is 47.1. The predicted octanol–water partition coefficient (Wildman–Crippen LogP) is 5.42. The first-order chi connectivity index (χ1) is 14.7. The number of ether oxygens (including phenoxy) is 1.